The van der Waals surface area contributed by atoms with Gasteiger partial charge in [0.25, 0.3) is 0 Å². The molecule has 0 atom stereocenters. The van der Waals surface area contributed by atoms with E-state index in [1.807, 2.05) is 0 Å². The Labute approximate surface area is 66.2 Å². The fourth-order valence-electron chi connectivity index (χ4n) is 0.741. The SMILES string of the molecule is Cn1nnc(C(=O)O)c1C(=O)O. The number of hydrogen-bond donors (Lipinski definition) is 2. The van der Waals surface area contributed by atoms with Gasteiger partial charge in [-0.3, -0.25) is 0 Å². The summed E-state index contributed by atoms with van der Waals surface area (Å²) in [6.07, 6.45) is 0. The van der Waals surface area contributed by atoms with Crippen LogP contribution in [0.3, 0.4) is 0 Å². The normalized spacial score (nSPS) is 9.75. The van der Waals surface area contributed by atoms with Crippen LogP contribution in [0.1, 0.15) is 21.0 Å². The highest BCUT2D eigenvalue weighted by Crippen LogP contribution is 2.02. The molecule has 0 saturated heterocycles. The van der Waals surface area contributed by atoms with E-state index in [0.29, 0.717) is 0 Å². The Morgan fingerprint density at radius 1 is 1.33 bits per heavy atom. The third kappa shape index (κ3) is 1.11. The number of aryl methyl sites for hydroxylation is 1. The third-order valence-electron chi connectivity index (χ3n) is 1.23. The van der Waals surface area contributed by atoms with Gasteiger partial charge in [0.2, 0.25) is 5.69 Å². The Kier molecular flexibility index (Phi) is 1.78. The predicted octanol–water partition coefficient (Wildman–Crippen LogP) is -0.788. The molecule has 0 radical (unpaired) electrons. The lowest BCUT2D eigenvalue weighted by Crippen LogP contribution is -2.11. The molecule has 0 saturated carbocycles. The molecule has 7 heteroatoms. The lowest BCUT2D eigenvalue weighted by Gasteiger charge is -1.92. The smallest absolute Gasteiger partial charge is 0.359 e. The van der Waals surface area contributed by atoms with Crippen molar-refractivity contribution in [2.45, 2.75) is 0 Å². The maximum atomic E-state index is 10.4. The van der Waals surface area contributed by atoms with E-state index in [2.05, 4.69) is 10.3 Å². The topological polar surface area (TPSA) is 105 Å². The quantitative estimate of drug-likeness (QED) is 0.604. The molecule has 0 bridgehead atoms. The van der Waals surface area contributed by atoms with Crippen LogP contribution in [0.2, 0.25) is 0 Å². The van der Waals surface area contributed by atoms with Crippen LogP contribution in [0.4, 0.5) is 0 Å². The van der Waals surface area contributed by atoms with Crippen molar-refractivity contribution < 1.29 is 19.8 Å². The first kappa shape index (κ1) is 8.18. The van der Waals surface area contributed by atoms with Crippen LogP contribution in [-0.4, -0.2) is 37.1 Å². The second-order valence-electron chi connectivity index (χ2n) is 2.02. The van der Waals surface area contributed by atoms with Gasteiger partial charge in [-0.2, -0.15) is 0 Å². The van der Waals surface area contributed by atoms with E-state index < -0.39 is 23.3 Å². The Balaban J connectivity index is 3.31. The minimum absolute atomic E-state index is 0.428. The van der Waals surface area contributed by atoms with Gasteiger partial charge in [0, 0.05) is 7.05 Å². The fourth-order valence-corrected chi connectivity index (χ4v) is 0.741. The first-order chi connectivity index (χ1) is 5.54. The summed E-state index contributed by atoms with van der Waals surface area (Å²) in [6, 6.07) is 0. The molecule has 1 heterocycles. The molecule has 1 aromatic rings. The average molecular weight is 171 g/mol. The molecule has 1 rings (SSSR count). The molecular formula is C5H5N3O4. The Morgan fingerprint density at radius 3 is 2.25 bits per heavy atom. The maximum Gasteiger partial charge on any atom is 0.359 e. The highest BCUT2D eigenvalue weighted by atomic mass is 16.4. The molecule has 12 heavy (non-hydrogen) atoms. The van der Waals surface area contributed by atoms with Crippen LogP contribution in [0.25, 0.3) is 0 Å². The van der Waals surface area contributed by atoms with Crippen LogP contribution < -0.4 is 0 Å². The summed E-state index contributed by atoms with van der Waals surface area (Å²) in [5, 5.41) is 23.4. The summed E-state index contributed by atoms with van der Waals surface area (Å²) in [6.45, 7) is 0. The second kappa shape index (κ2) is 2.61. The van der Waals surface area contributed by atoms with Gasteiger partial charge in [-0.1, -0.05) is 5.21 Å². The van der Waals surface area contributed by atoms with Gasteiger partial charge in [-0.15, -0.1) is 5.10 Å². The number of carbonyl (C=O) groups is 2. The zero-order chi connectivity index (χ0) is 9.30. The molecular weight excluding hydrogens is 166 g/mol. The predicted molar refractivity (Wildman–Crippen MR) is 34.9 cm³/mol. The van der Waals surface area contributed by atoms with Crippen molar-refractivity contribution in [3.63, 3.8) is 0 Å². The molecule has 0 aromatic carbocycles. The van der Waals surface area contributed by atoms with E-state index in [4.69, 9.17) is 10.2 Å². The van der Waals surface area contributed by atoms with Crippen LogP contribution in [0.15, 0.2) is 0 Å². The van der Waals surface area contributed by atoms with Crippen molar-refractivity contribution in [3.8, 4) is 0 Å². The molecule has 0 spiro atoms. The number of hydrogen-bond acceptors (Lipinski definition) is 4. The van der Waals surface area contributed by atoms with Gasteiger partial charge in [-0.25, -0.2) is 14.3 Å². The Hall–Kier alpha value is -1.92. The van der Waals surface area contributed by atoms with Crippen molar-refractivity contribution in [2.75, 3.05) is 0 Å². The number of aromatic nitrogens is 3. The first-order valence-electron chi connectivity index (χ1n) is 2.90. The van der Waals surface area contributed by atoms with Crippen molar-refractivity contribution in [1.29, 1.82) is 0 Å². The van der Waals surface area contributed by atoms with Gasteiger partial charge in [0.05, 0.1) is 0 Å². The molecule has 0 unspecified atom stereocenters. The van der Waals surface area contributed by atoms with Crippen molar-refractivity contribution in [1.82, 2.24) is 15.0 Å². The zero-order valence-electron chi connectivity index (χ0n) is 6.05. The molecule has 0 amide bonds. The summed E-state index contributed by atoms with van der Waals surface area (Å²) in [4.78, 5) is 20.8. The summed E-state index contributed by atoms with van der Waals surface area (Å²) in [5.74, 6) is -2.76. The van der Waals surface area contributed by atoms with Gasteiger partial charge >= 0.3 is 11.9 Å². The van der Waals surface area contributed by atoms with E-state index in [0.717, 1.165) is 4.68 Å². The van der Waals surface area contributed by atoms with Crippen LogP contribution in [-0.2, 0) is 7.05 Å². The lowest BCUT2D eigenvalue weighted by molar-refractivity contribution is 0.0641. The zero-order valence-corrected chi connectivity index (χ0v) is 6.05. The number of nitrogens with zero attached hydrogens (tertiary/aromatic N) is 3. The van der Waals surface area contributed by atoms with E-state index in [1.54, 1.807) is 0 Å². The first-order valence-corrected chi connectivity index (χ1v) is 2.90. The van der Waals surface area contributed by atoms with E-state index in [1.165, 1.54) is 7.05 Å². The van der Waals surface area contributed by atoms with E-state index in [9.17, 15) is 9.59 Å². The van der Waals surface area contributed by atoms with Crippen molar-refractivity contribution >= 4 is 11.9 Å². The largest absolute Gasteiger partial charge is 0.476 e. The monoisotopic (exact) mass is 171 g/mol. The molecule has 0 aliphatic rings. The van der Waals surface area contributed by atoms with E-state index in [-0.39, 0.29) is 0 Å². The standard InChI is InChI=1S/C5H5N3O4/c1-8-3(5(11)12)2(4(9)10)6-7-8/h1H3,(H,9,10)(H,11,12). The van der Waals surface area contributed by atoms with Gasteiger partial charge < -0.3 is 10.2 Å². The highest BCUT2D eigenvalue weighted by Gasteiger charge is 2.22. The maximum absolute atomic E-state index is 10.4. The van der Waals surface area contributed by atoms with Gasteiger partial charge in [0.15, 0.2) is 5.69 Å². The number of aromatic carboxylic acids is 2. The Morgan fingerprint density at radius 2 is 1.92 bits per heavy atom. The molecule has 1 aromatic heterocycles. The van der Waals surface area contributed by atoms with Gasteiger partial charge in [0.1, 0.15) is 0 Å². The van der Waals surface area contributed by atoms with E-state index >= 15 is 0 Å². The van der Waals surface area contributed by atoms with Gasteiger partial charge in [-0.05, 0) is 0 Å². The summed E-state index contributed by atoms with van der Waals surface area (Å²) in [7, 11) is 1.31. The Bertz CT molecular complexity index is 342. The van der Waals surface area contributed by atoms with Crippen LogP contribution in [0.5, 0.6) is 0 Å². The summed E-state index contributed by atoms with van der Waals surface area (Å²) in [5.41, 5.74) is -0.979. The number of carboxylic acids is 2. The molecule has 0 fully saturated rings. The fraction of sp³-hybridized carbons (Fsp3) is 0.200. The van der Waals surface area contributed by atoms with Crippen molar-refractivity contribution in [3.05, 3.63) is 11.4 Å². The molecule has 0 aliphatic heterocycles. The minimum atomic E-state index is -1.40. The van der Waals surface area contributed by atoms with Crippen molar-refractivity contribution in [2.24, 2.45) is 7.05 Å². The molecule has 2 N–H and O–H groups in total. The highest BCUT2D eigenvalue weighted by molar-refractivity contribution is 5.98. The molecule has 7 nitrogen and oxygen atoms in total. The lowest BCUT2D eigenvalue weighted by atomic mass is 10.3. The van der Waals surface area contributed by atoms with Crippen LogP contribution in [0, 0.1) is 0 Å². The molecule has 0 aliphatic carbocycles. The summed E-state index contributed by atoms with van der Waals surface area (Å²) >= 11 is 0. The number of rotatable bonds is 2. The average Bonchev–Trinajstić information content (AvgIpc) is 2.30. The second-order valence-corrected chi connectivity index (χ2v) is 2.02. The third-order valence-corrected chi connectivity index (χ3v) is 1.23. The van der Waals surface area contributed by atoms with Crippen LogP contribution >= 0.6 is 0 Å². The molecule has 64 valence electrons. The summed E-state index contributed by atoms with van der Waals surface area (Å²) < 4.78 is 0.895. The minimum Gasteiger partial charge on any atom is -0.476 e. The number of carboxylic acid groups (broad SMARTS) is 2.